The number of allylic oxidation sites excluding steroid dienone is 1. The number of hydrogen-bond acceptors (Lipinski definition) is 2. The zero-order valence-corrected chi connectivity index (χ0v) is 8.84. The van der Waals surface area contributed by atoms with Crippen molar-refractivity contribution in [3.8, 4) is 0 Å². The number of rotatable bonds is 5. The zero-order valence-electron chi connectivity index (χ0n) is 8.84. The van der Waals surface area contributed by atoms with Gasteiger partial charge in [0, 0.05) is 6.42 Å². The van der Waals surface area contributed by atoms with E-state index in [-0.39, 0.29) is 11.2 Å². The van der Waals surface area contributed by atoms with Crippen LogP contribution in [0.1, 0.15) is 40.0 Å². The van der Waals surface area contributed by atoms with Crippen molar-refractivity contribution in [3.05, 3.63) is 12.7 Å². The smallest absolute Gasteiger partial charge is 0.161 e. The molecule has 76 valence electrons. The van der Waals surface area contributed by atoms with Gasteiger partial charge in [0.25, 0.3) is 0 Å². The summed E-state index contributed by atoms with van der Waals surface area (Å²) in [5, 5.41) is 9.58. The van der Waals surface area contributed by atoms with Crippen molar-refractivity contribution in [2.75, 3.05) is 0 Å². The summed E-state index contributed by atoms with van der Waals surface area (Å²) >= 11 is 0. The quantitative estimate of drug-likeness (QED) is 0.526. The Labute approximate surface area is 80.7 Å². The lowest BCUT2D eigenvalue weighted by molar-refractivity contribution is -0.132. The summed E-state index contributed by atoms with van der Waals surface area (Å²) in [5.41, 5.74) is -0.342. The van der Waals surface area contributed by atoms with Gasteiger partial charge in [-0.15, -0.1) is 6.58 Å². The molecule has 0 aliphatic heterocycles. The molecule has 0 saturated carbocycles. The largest absolute Gasteiger partial charge is 0.385 e. The van der Waals surface area contributed by atoms with Crippen molar-refractivity contribution in [2.45, 2.75) is 46.1 Å². The second-order valence-corrected chi connectivity index (χ2v) is 4.42. The van der Waals surface area contributed by atoms with Gasteiger partial charge >= 0.3 is 0 Å². The van der Waals surface area contributed by atoms with E-state index in [4.69, 9.17) is 0 Å². The molecule has 0 rings (SSSR count). The summed E-state index contributed by atoms with van der Waals surface area (Å²) < 4.78 is 0. The lowest BCUT2D eigenvalue weighted by Gasteiger charge is -2.24. The van der Waals surface area contributed by atoms with E-state index >= 15 is 0 Å². The molecule has 0 aromatic heterocycles. The predicted octanol–water partition coefficient (Wildman–Crippen LogP) is 2.32. The summed E-state index contributed by atoms with van der Waals surface area (Å²) in [6.45, 7) is 9.17. The fourth-order valence-electron chi connectivity index (χ4n) is 1.04. The molecule has 0 spiro atoms. The van der Waals surface area contributed by atoms with Crippen molar-refractivity contribution >= 4 is 5.78 Å². The van der Waals surface area contributed by atoms with Crippen LogP contribution in [0.5, 0.6) is 0 Å². The number of unbranched alkanes of at least 4 members (excludes halogenated alkanes) is 1. The van der Waals surface area contributed by atoms with Crippen LogP contribution in [0.3, 0.4) is 0 Å². The van der Waals surface area contributed by atoms with Crippen LogP contribution in [-0.4, -0.2) is 17.0 Å². The molecule has 0 saturated heterocycles. The summed E-state index contributed by atoms with van der Waals surface area (Å²) in [6, 6.07) is 0. The van der Waals surface area contributed by atoms with Gasteiger partial charge in [0.2, 0.25) is 0 Å². The van der Waals surface area contributed by atoms with Crippen molar-refractivity contribution in [3.63, 3.8) is 0 Å². The highest BCUT2D eigenvalue weighted by molar-refractivity contribution is 5.83. The first-order chi connectivity index (χ1) is 5.89. The molecule has 0 amide bonds. The molecular weight excluding hydrogens is 164 g/mol. The third-order valence-corrected chi connectivity index (χ3v) is 1.96. The first-order valence-corrected chi connectivity index (χ1v) is 4.71. The number of aliphatic hydroxyl groups excluding tert-OH is 1. The van der Waals surface area contributed by atoms with Crippen LogP contribution >= 0.6 is 0 Å². The Kier molecular flexibility index (Phi) is 4.92. The minimum Gasteiger partial charge on any atom is -0.385 e. The average Bonchev–Trinajstić information content (AvgIpc) is 2.01. The van der Waals surface area contributed by atoms with Crippen LogP contribution in [0.15, 0.2) is 12.7 Å². The predicted molar refractivity (Wildman–Crippen MR) is 54.5 cm³/mol. The summed E-state index contributed by atoms with van der Waals surface area (Å²) in [6.07, 6.45) is 3.02. The molecule has 0 radical (unpaired) electrons. The van der Waals surface area contributed by atoms with Crippen LogP contribution in [0, 0.1) is 5.41 Å². The van der Waals surface area contributed by atoms with Crippen molar-refractivity contribution in [1.82, 2.24) is 0 Å². The Hall–Kier alpha value is -0.630. The summed E-state index contributed by atoms with van der Waals surface area (Å²) in [5.74, 6) is -0.0608. The zero-order chi connectivity index (χ0) is 10.5. The van der Waals surface area contributed by atoms with E-state index in [0.717, 1.165) is 12.8 Å². The number of aliphatic hydroxyl groups is 1. The molecule has 13 heavy (non-hydrogen) atoms. The lowest BCUT2D eigenvalue weighted by Crippen LogP contribution is -2.34. The number of Topliss-reactive ketones (excluding diaryl/α,β-unsaturated/α-hetero) is 1. The third kappa shape index (κ3) is 4.83. The fraction of sp³-hybridized carbons (Fsp3) is 0.727. The molecule has 0 aliphatic rings. The van der Waals surface area contributed by atoms with Gasteiger partial charge in [-0.3, -0.25) is 4.79 Å². The maximum absolute atomic E-state index is 11.4. The third-order valence-electron chi connectivity index (χ3n) is 1.96. The Morgan fingerprint density at radius 3 is 2.46 bits per heavy atom. The molecular formula is C11H20O2. The Morgan fingerprint density at radius 1 is 1.54 bits per heavy atom. The minimum atomic E-state index is -0.836. The molecule has 1 N–H and O–H groups in total. The maximum Gasteiger partial charge on any atom is 0.161 e. The molecule has 0 aliphatic carbocycles. The minimum absolute atomic E-state index is 0.0608. The van der Waals surface area contributed by atoms with Gasteiger partial charge in [0.15, 0.2) is 5.78 Å². The molecule has 0 bridgehead atoms. The molecule has 1 unspecified atom stereocenters. The normalized spacial score (nSPS) is 13.8. The van der Waals surface area contributed by atoms with E-state index in [1.165, 1.54) is 0 Å². The Balaban J connectivity index is 3.90. The molecule has 2 nitrogen and oxygen atoms in total. The molecule has 0 aromatic rings. The van der Waals surface area contributed by atoms with Gasteiger partial charge in [-0.05, 0) is 18.3 Å². The Bertz CT molecular complexity index is 177. The maximum atomic E-state index is 11.4. The van der Waals surface area contributed by atoms with Gasteiger partial charge in [-0.25, -0.2) is 0 Å². The van der Waals surface area contributed by atoms with E-state index in [9.17, 15) is 9.90 Å². The SMILES string of the molecule is C=CCCCC(=O)C(O)C(C)(C)C. The monoisotopic (exact) mass is 184 g/mol. The molecule has 1 atom stereocenters. The second-order valence-electron chi connectivity index (χ2n) is 4.42. The van der Waals surface area contributed by atoms with Crippen LogP contribution in [0.2, 0.25) is 0 Å². The Morgan fingerprint density at radius 2 is 2.08 bits per heavy atom. The van der Waals surface area contributed by atoms with E-state index in [1.54, 1.807) is 6.08 Å². The van der Waals surface area contributed by atoms with Gasteiger partial charge < -0.3 is 5.11 Å². The van der Waals surface area contributed by atoms with E-state index in [2.05, 4.69) is 6.58 Å². The number of ketones is 1. The summed E-state index contributed by atoms with van der Waals surface area (Å²) in [4.78, 5) is 11.4. The van der Waals surface area contributed by atoms with Crippen LogP contribution in [0.25, 0.3) is 0 Å². The highest BCUT2D eigenvalue weighted by atomic mass is 16.3. The van der Waals surface area contributed by atoms with Crippen LogP contribution in [-0.2, 0) is 4.79 Å². The molecule has 2 heteroatoms. The van der Waals surface area contributed by atoms with Crippen molar-refractivity contribution in [1.29, 1.82) is 0 Å². The molecule has 0 fully saturated rings. The summed E-state index contributed by atoms with van der Waals surface area (Å²) in [7, 11) is 0. The van der Waals surface area contributed by atoms with Gasteiger partial charge in [0.1, 0.15) is 6.10 Å². The number of carbonyl (C=O) groups excluding carboxylic acids is 1. The average molecular weight is 184 g/mol. The fourth-order valence-corrected chi connectivity index (χ4v) is 1.04. The van der Waals surface area contributed by atoms with Gasteiger partial charge in [0.05, 0.1) is 0 Å². The molecule has 0 aromatic carbocycles. The van der Waals surface area contributed by atoms with E-state index in [1.807, 2.05) is 20.8 Å². The number of carbonyl (C=O) groups is 1. The van der Waals surface area contributed by atoms with E-state index in [0.29, 0.717) is 6.42 Å². The van der Waals surface area contributed by atoms with E-state index < -0.39 is 6.10 Å². The highest BCUT2D eigenvalue weighted by Gasteiger charge is 2.27. The first kappa shape index (κ1) is 12.4. The number of hydrogen-bond donors (Lipinski definition) is 1. The van der Waals surface area contributed by atoms with Crippen LogP contribution < -0.4 is 0 Å². The second kappa shape index (κ2) is 5.18. The molecule has 0 heterocycles. The standard InChI is InChI=1S/C11H20O2/c1-5-6-7-8-9(12)10(13)11(2,3)4/h5,10,13H,1,6-8H2,2-4H3. The van der Waals surface area contributed by atoms with Crippen molar-refractivity contribution < 1.29 is 9.90 Å². The lowest BCUT2D eigenvalue weighted by atomic mass is 9.85. The van der Waals surface area contributed by atoms with Crippen molar-refractivity contribution in [2.24, 2.45) is 5.41 Å². The first-order valence-electron chi connectivity index (χ1n) is 4.71. The van der Waals surface area contributed by atoms with Gasteiger partial charge in [-0.1, -0.05) is 26.8 Å². The van der Waals surface area contributed by atoms with Crippen LogP contribution in [0.4, 0.5) is 0 Å². The highest BCUT2D eigenvalue weighted by Crippen LogP contribution is 2.21. The van der Waals surface area contributed by atoms with Gasteiger partial charge in [-0.2, -0.15) is 0 Å². The topological polar surface area (TPSA) is 37.3 Å².